The molecule has 17 rings (SSSR count). The van der Waals surface area contributed by atoms with Gasteiger partial charge in [0.1, 0.15) is 50.3 Å². The van der Waals surface area contributed by atoms with E-state index in [-0.39, 0.29) is 23.6 Å². The van der Waals surface area contributed by atoms with Crippen molar-refractivity contribution in [3.8, 4) is 11.5 Å². The Morgan fingerprint density at radius 3 is 2.09 bits per heavy atom. The van der Waals surface area contributed by atoms with Gasteiger partial charge in [0.2, 0.25) is 23.4 Å². The number of nitrogens with one attached hydrogen (secondary N) is 1. The van der Waals surface area contributed by atoms with Crippen molar-refractivity contribution in [2.45, 2.75) is 150 Å². The molecule has 14 heteroatoms. The Morgan fingerprint density at radius 2 is 1.38 bits per heavy atom. The minimum Gasteiger partial charge on any atom is -0.618 e. The minimum atomic E-state index is -1.73. The fraction of sp³-hybridized carbons (Fsp3) is 0.558. The first kappa shape index (κ1) is 38.3. The van der Waals surface area contributed by atoms with E-state index < -0.39 is 73.4 Å². The summed E-state index contributed by atoms with van der Waals surface area (Å²) >= 11 is 0. The quantitative estimate of drug-likeness (QED) is 0.163. The zero-order chi connectivity index (χ0) is 45.8. The van der Waals surface area contributed by atoms with Crippen LogP contribution in [0.4, 0.5) is 5.69 Å². The number of ether oxygens (including phenoxy) is 2. The van der Waals surface area contributed by atoms with E-state index in [0.717, 1.165) is 4.74 Å². The molecule has 2 aromatic carbocycles. The van der Waals surface area contributed by atoms with Gasteiger partial charge in [0.05, 0.1) is 28.2 Å². The van der Waals surface area contributed by atoms with Gasteiger partial charge in [0.15, 0.2) is 5.71 Å². The normalized spacial score (nSPS) is 40.5. The van der Waals surface area contributed by atoms with Gasteiger partial charge < -0.3 is 39.9 Å². The van der Waals surface area contributed by atoms with Gasteiger partial charge in [-0.25, -0.2) is 0 Å². The summed E-state index contributed by atoms with van der Waals surface area (Å²) in [6.45, 7) is 17.0. The molecule has 66 heavy (non-hydrogen) atoms. The third-order valence-corrected chi connectivity index (χ3v) is 20.0. The van der Waals surface area contributed by atoms with E-state index in [4.69, 9.17) is 9.47 Å². The van der Waals surface area contributed by atoms with Crippen molar-refractivity contribution < 1.29 is 38.6 Å². The van der Waals surface area contributed by atoms with E-state index in [1.54, 1.807) is 4.90 Å². The molecule has 9 atom stereocenters. The molecule has 340 valence electrons. The number of carbonyl (C=O) groups is 4. The number of rotatable bonds is 0. The first-order chi connectivity index (χ1) is 31.1. The van der Waals surface area contributed by atoms with Gasteiger partial charge in [-0.3, -0.25) is 19.2 Å². The third kappa shape index (κ3) is 3.39. The van der Waals surface area contributed by atoms with Crippen molar-refractivity contribution in [1.29, 1.82) is 0 Å². The van der Waals surface area contributed by atoms with E-state index in [9.17, 15) is 5.21 Å². The monoisotopic (exact) mass is 890 g/mol. The number of aromatic nitrogens is 1. The van der Waals surface area contributed by atoms with Crippen LogP contribution in [0.15, 0.2) is 36.4 Å². The molecule has 1 saturated carbocycles. The van der Waals surface area contributed by atoms with Gasteiger partial charge in [-0.1, -0.05) is 13.8 Å². The fourth-order valence-electron chi connectivity index (χ4n) is 18.0. The van der Waals surface area contributed by atoms with Gasteiger partial charge in [-0.2, -0.15) is 9.47 Å². The Bertz CT molecular complexity index is 3140. The van der Waals surface area contributed by atoms with Crippen molar-refractivity contribution in [3.05, 3.63) is 69.6 Å². The lowest BCUT2D eigenvalue weighted by atomic mass is 9.39. The summed E-state index contributed by atoms with van der Waals surface area (Å²) in [5.74, 6) is -1.92. The number of piperidine rings is 4. The predicted molar refractivity (Wildman–Crippen MR) is 240 cm³/mol. The molecule has 9 saturated heterocycles. The first-order valence-corrected chi connectivity index (χ1v) is 24.1. The van der Waals surface area contributed by atoms with Crippen LogP contribution in [0.25, 0.3) is 23.1 Å². The summed E-state index contributed by atoms with van der Waals surface area (Å²) in [4.78, 5) is 70.5. The molecule has 5 spiro atoms. The topological polar surface area (TPSA) is 160 Å². The second-order valence-electron chi connectivity index (χ2n) is 24.2. The lowest BCUT2D eigenvalue weighted by Crippen LogP contribution is -2.93. The average Bonchev–Trinajstić information content (AvgIpc) is 4.05. The zero-order valence-electron chi connectivity index (χ0n) is 38.6. The highest BCUT2D eigenvalue weighted by Gasteiger charge is 2.95. The molecule has 14 aliphatic rings. The van der Waals surface area contributed by atoms with Crippen molar-refractivity contribution >= 4 is 58.1 Å². The Hall–Kier alpha value is -5.79. The number of benzene rings is 2. The van der Waals surface area contributed by atoms with Crippen molar-refractivity contribution in [1.82, 2.24) is 24.7 Å². The summed E-state index contributed by atoms with van der Waals surface area (Å²) in [5.41, 5.74) is -6.07. The lowest BCUT2D eigenvalue weighted by molar-refractivity contribution is -0.367. The maximum Gasteiger partial charge on any atom is 0.251 e. The Balaban J connectivity index is 1.16. The number of nitrogens with zero attached hydrogens (tertiary/aromatic N) is 5. The molecule has 4 amide bonds. The fourth-order valence-corrected chi connectivity index (χ4v) is 18.0. The third-order valence-electron chi connectivity index (χ3n) is 20.0. The first-order valence-electron chi connectivity index (χ1n) is 24.1. The predicted octanol–water partition coefficient (Wildman–Crippen LogP) is 5.79. The van der Waals surface area contributed by atoms with Crippen molar-refractivity contribution in [2.24, 2.45) is 17.3 Å². The second-order valence-corrected chi connectivity index (χ2v) is 24.2. The molecule has 12 aliphatic heterocycles. The summed E-state index contributed by atoms with van der Waals surface area (Å²) < 4.78 is 15.5. The van der Waals surface area contributed by atoms with Crippen LogP contribution in [-0.2, 0) is 30.0 Å². The van der Waals surface area contributed by atoms with Crippen LogP contribution < -0.4 is 14.8 Å². The highest BCUT2D eigenvalue weighted by molar-refractivity contribution is 6.18. The highest BCUT2D eigenvalue weighted by atomic mass is 16.5. The molecule has 1 aromatic heterocycles. The Kier molecular flexibility index (Phi) is 6.01. The van der Waals surface area contributed by atoms with Crippen LogP contribution in [0.1, 0.15) is 128 Å². The van der Waals surface area contributed by atoms with Gasteiger partial charge in [0, 0.05) is 52.8 Å². The number of amides is 4. The number of hydrogen-bond acceptors (Lipinski definition) is 8. The van der Waals surface area contributed by atoms with E-state index in [1.165, 1.54) is 4.73 Å². The van der Waals surface area contributed by atoms with Gasteiger partial charge in [-0.05, 0) is 134 Å². The number of carbonyl (C=O) groups excluding carboxylic acids is 4. The Morgan fingerprint density at radius 1 is 0.758 bits per heavy atom. The second kappa shape index (κ2) is 10.4. The molecular formula is C52H54N6O8. The molecule has 3 aromatic rings. The standard InChI is InChI=1S/C52H54N6O8/c1-44(2)19-15-25-29(65-44)13-11-27-33-36-50-28-12-14-30-26(16-20-45(3,4)66-30)35(28)58(64)38(50)47(7,8)31-23-48-17-9-21-54(48)42(61)51(31,53-40(48)59)39(50)56-41(60)49-18-10-22-55(49)43(62)52(36,56)32(24-49)46(5,6)37(33)57(63)34(25)27/h11-16,19-20,31-32,36,39,63H,9-10,17-18,21-24H2,1-8H3,(H,53,59)/t31-,32-,36+,39-,48-,49-,50-,51?,52+/m0/s1. The summed E-state index contributed by atoms with van der Waals surface area (Å²) in [5, 5.41) is 33.8. The van der Waals surface area contributed by atoms with Crippen LogP contribution >= 0.6 is 0 Å². The molecule has 2 N–H and O–H groups in total. The minimum absolute atomic E-state index is 0.176. The highest BCUT2D eigenvalue weighted by Crippen LogP contribution is 2.81. The van der Waals surface area contributed by atoms with E-state index in [0.29, 0.717) is 113 Å². The molecule has 14 nitrogen and oxygen atoms in total. The van der Waals surface area contributed by atoms with E-state index in [2.05, 4.69) is 33.0 Å². The number of fused-ring (bicyclic) bond motifs is 10. The molecule has 4 bridgehead atoms. The molecular weight excluding hydrogens is 837 g/mol. The van der Waals surface area contributed by atoms with E-state index >= 15 is 24.4 Å². The van der Waals surface area contributed by atoms with Crippen LogP contribution in [-0.4, -0.2) is 111 Å². The van der Waals surface area contributed by atoms with Gasteiger partial charge in [0.25, 0.3) is 5.91 Å². The molecule has 0 radical (unpaired) electrons. The molecule has 1 unspecified atom stereocenters. The summed E-state index contributed by atoms with van der Waals surface area (Å²) in [6, 6.07) is 6.54. The smallest absolute Gasteiger partial charge is 0.251 e. The molecule has 10 fully saturated rings. The van der Waals surface area contributed by atoms with Crippen LogP contribution in [0.5, 0.6) is 11.5 Å². The lowest BCUT2D eigenvalue weighted by Gasteiger charge is -2.70. The SMILES string of the molecule is CC1(C)C=Cc2c(ccc3c2[N+]([O-])=C2C(C)(C)[C@@H]4C[C@]56CCCN5C(=O)C4(NC6=O)[C@H]4N5C(=O)[C@@]67CCCN6C(=O)[C@@]56[C@H](c5c(n(O)c8c9c(ccc58)OC(C)(C)C=C9)C(C)(C)[C@@H]6C7)[C@]234)O1. The number of hydrogen-bond donors (Lipinski definition) is 2. The van der Waals surface area contributed by atoms with Crippen LogP contribution in [0.3, 0.4) is 0 Å². The van der Waals surface area contributed by atoms with E-state index in [1.807, 2.05) is 86.1 Å². The maximum absolute atomic E-state index is 16.8. The van der Waals surface area contributed by atoms with Crippen LogP contribution in [0.2, 0.25) is 0 Å². The van der Waals surface area contributed by atoms with Crippen molar-refractivity contribution in [3.63, 3.8) is 0 Å². The average molecular weight is 891 g/mol. The van der Waals surface area contributed by atoms with Crippen LogP contribution in [0, 0.1) is 22.5 Å². The number of piperazine rings is 2. The van der Waals surface area contributed by atoms with Crippen molar-refractivity contribution in [2.75, 3.05) is 13.1 Å². The van der Waals surface area contributed by atoms with Gasteiger partial charge >= 0.3 is 0 Å². The molecule has 13 heterocycles. The largest absolute Gasteiger partial charge is 0.618 e. The molecule has 2 aliphatic carbocycles. The summed E-state index contributed by atoms with van der Waals surface area (Å²) in [7, 11) is 0. The Labute approximate surface area is 381 Å². The summed E-state index contributed by atoms with van der Waals surface area (Å²) in [6.07, 6.45) is 10.8. The zero-order valence-corrected chi connectivity index (χ0v) is 38.6. The van der Waals surface area contributed by atoms with Gasteiger partial charge in [-0.15, -0.1) is 0 Å². The maximum atomic E-state index is 16.8.